The van der Waals surface area contributed by atoms with E-state index in [1.807, 2.05) is 43.3 Å². The van der Waals surface area contributed by atoms with Gasteiger partial charge in [-0.1, -0.05) is 6.07 Å². The molecule has 0 radical (unpaired) electrons. The summed E-state index contributed by atoms with van der Waals surface area (Å²) in [6.45, 7) is 1.81. The summed E-state index contributed by atoms with van der Waals surface area (Å²) in [4.78, 5) is 18.2. The quantitative estimate of drug-likeness (QED) is 0.897. The Morgan fingerprint density at radius 3 is 2.65 bits per heavy atom. The molecule has 1 amide bonds. The van der Waals surface area contributed by atoms with Crippen LogP contribution in [0.1, 0.15) is 16.1 Å². The molecule has 0 saturated heterocycles. The first-order valence-corrected chi connectivity index (χ1v) is 6.28. The fraction of sp³-hybridized carbons (Fsp3) is 0.200. The van der Waals surface area contributed by atoms with Crippen molar-refractivity contribution in [2.45, 2.75) is 6.92 Å². The van der Waals surface area contributed by atoms with Gasteiger partial charge in [-0.15, -0.1) is 0 Å². The minimum absolute atomic E-state index is 0.196. The largest absolute Gasteiger partial charge is 0.384 e. The number of rotatable bonds is 3. The number of nitrogens with two attached hydrogens (primary N) is 1. The Bertz CT molecular complexity index is 617. The second-order valence-electron chi connectivity index (χ2n) is 4.82. The zero-order chi connectivity index (χ0) is 14.7. The Morgan fingerprint density at radius 2 is 2.00 bits per heavy atom. The third kappa shape index (κ3) is 3.26. The smallest absolute Gasteiger partial charge is 0.255 e. The Balaban J connectivity index is 2.21. The SMILES string of the molecule is Cc1cc(C(=O)Nc2cccc(N(C)C)c2)cc(N)n1. The lowest BCUT2D eigenvalue weighted by Crippen LogP contribution is -2.14. The third-order valence-corrected chi connectivity index (χ3v) is 2.86. The molecule has 2 rings (SSSR count). The summed E-state index contributed by atoms with van der Waals surface area (Å²) in [7, 11) is 3.90. The number of anilines is 3. The third-order valence-electron chi connectivity index (χ3n) is 2.86. The van der Waals surface area contributed by atoms with E-state index in [0.29, 0.717) is 11.4 Å². The first-order chi connectivity index (χ1) is 9.45. The molecule has 0 spiro atoms. The van der Waals surface area contributed by atoms with E-state index < -0.39 is 0 Å². The Kier molecular flexibility index (Phi) is 3.89. The summed E-state index contributed by atoms with van der Waals surface area (Å²) in [6, 6.07) is 10.9. The normalized spacial score (nSPS) is 10.2. The maximum absolute atomic E-state index is 12.2. The van der Waals surface area contributed by atoms with Crippen molar-refractivity contribution < 1.29 is 4.79 Å². The number of aryl methyl sites for hydroxylation is 1. The van der Waals surface area contributed by atoms with Crippen molar-refractivity contribution in [3.8, 4) is 0 Å². The Labute approximate surface area is 118 Å². The van der Waals surface area contributed by atoms with Gasteiger partial charge in [0.1, 0.15) is 5.82 Å². The number of carbonyl (C=O) groups excluding carboxylic acids is 1. The van der Waals surface area contributed by atoms with Crippen molar-refractivity contribution in [3.63, 3.8) is 0 Å². The van der Waals surface area contributed by atoms with Crippen molar-refractivity contribution in [2.75, 3.05) is 30.0 Å². The number of hydrogen-bond acceptors (Lipinski definition) is 4. The molecule has 0 aliphatic carbocycles. The van der Waals surface area contributed by atoms with Crippen LogP contribution in [-0.2, 0) is 0 Å². The van der Waals surface area contributed by atoms with Crippen LogP contribution in [-0.4, -0.2) is 25.0 Å². The fourth-order valence-corrected chi connectivity index (χ4v) is 1.89. The lowest BCUT2D eigenvalue weighted by atomic mass is 10.2. The van der Waals surface area contributed by atoms with Gasteiger partial charge in [0.15, 0.2) is 0 Å². The highest BCUT2D eigenvalue weighted by molar-refractivity contribution is 6.04. The average Bonchev–Trinajstić information content (AvgIpc) is 2.37. The second-order valence-corrected chi connectivity index (χ2v) is 4.82. The minimum Gasteiger partial charge on any atom is -0.384 e. The number of nitrogens with zero attached hydrogens (tertiary/aromatic N) is 2. The number of nitrogen functional groups attached to an aromatic ring is 1. The maximum atomic E-state index is 12.2. The molecule has 0 bridgehead atoms. The molecule has 2 aromatic rings. The van der Waals surface area contributed by atoms with Crippen LogP contribution >= 0.6 is 0 Å². The molecule has 0 fully saturated rings. The standard InChI is InChI=1S/C15H18N4O/c1-10-7-11(8-14(16)17-10)15(20)18-12-5-4-6-13(9-12)19(2)3/h4-9H,1-3H3,(H2,16,17)(H,18,20). The fourth-order valence-electron chi connectivity index (χ4n) is 1.89. The van der Waals surface area contributed by atoms with Crippen LogP contribution in [0, 0.1) is 6.92 Å². The van der Waals surface area contributed by atoms with Gasteiger partial charge in [-0.05, 0) is 37.3 Å². The van der Waals surface area contributed by atoms with Gasteiger partial charge in [0.2, 0.25) is 0 Å². The van der Waals surface area contributed by atoms with Gasteiger partial charge in [0, 0.05) is 36.7 Å². The van der Waals surface area contributed by atoms with Crippen LogP contribution in [0.5, 0.6) is 0 Å². The molecule has 0 aliphatic rings. The molecule has 0 unspecified atom stereocenters. The van der Waals surface area contributed by atoms with Crippen LogP contribution in [0.4, 0.5) is 17.2 Å². The van der Waals surface area contributed by atoms with Crippen LogP contribution in [0.3, 0.4) is 0 Å². The van der Waals surface area contributed by atoms with E-state index in [1.54, 1.807) is 19.1 Å². The van der Waals surface area contributed by atoms with Crippen molar-refractivity contribution in [1.29, 1.82) is 0 Å². The van der Waals surface area contributed by atoms with Gasteiger partial charge in [-0.3, -0.25) is 4.79 Å². The molecule has 0 aliphatic heterocycles. The molecular weight excluding hydrogens is 252 g/mol. The highest BCUT2D eigenvalue weighted by Crippen LogP contribution is 2.18. The van der Waals surface area contributed by atoms with E-state index in [4.69, 9.17) is 5.73 Å². The number of pyridine rings is 1. The van der Waals surface area contributed by atoms with E-state index in [0.717, 1.165) is 17.1 Å². The summed E-state index contributed by atoms with van der Waals surface area (Å²) >= 11 is 0. The van der Waals surface area contributed by atoms with Crippen molar-refractivity contribution in [2.24, 2.45) is 0 Å². The zero-order valence-electron chi connectivity index (χ0n) is 11.8. The van der Waals surface area contributed by atoms with Gasteiger partial charge in [0.25, 0.3) is 5.91 Å². The summed E-state index contributed by atoms with van der Waals surface area (Å²) < 4.78 is 0. The van der Waals surface area contributed by atoms with E-state index in [2.05, 4.69) is 10.3 Å². The number of hydrogen-bond donors (Lipinski definition) is 2. The summed E-state index contributed by atoms with van der Waals surface area (Å²) in [6.07, 6.45) is 0. The molecule has 104 valence electrons. The van der Waals surface area contributed by atoms with Crippen molar-refractivity contribution in [1.82, 2.24) is 4.98 Å². The summed E-state index contributed by atoms with van der Waals surface area (Å²) in [5.41, 5.74) is 8.65. The molecular formula is C15H18N4O. The number of carbonyl (C=O) groups is 1. The maximum Gasteiger partial charge on any atom is 0.255 e. The van der Waals surface area contributed by atoms with Crippen LogP contribution < -0.4 is 16.0 Å². The monoisotopic (exact) mass is 270 g/mol. The first kappa shape index (κ1) is 13.9. The van der Waals surface area contributed by atoms with Crippen molar-refractivity contribution in [3.05, 3.63) is 47.7 Å². The molecule has 0 atom stereocenters. The van der Waals surface area contributed by atoms with Gasteiger partial charge in [-0.25, -0.2) is 4.98 Å². The average molecular weight is 270 g/mol. The topological polar surface area (TPSA) is 71.2 Å². The van der Waals surface area contributed by atoms with Gasteiger partial charge >= 0.3 is 0 Å². The van der Waals surface area contributed by atoms with Crippen LogP contribution in [0.2, 0.25) is 0 Å². The van der Waals surface area contributed by atoms with E-state index in [1.165, 1.54) is 0 Å². The van der Waals surface area contributed by atoms with Gasteiger partial charge < -0.3 is 16.0 Å². The van der Waals surface area contributed by atoms with Crippen LogP contribution in [0.15, 0.2) is 36.4 Å². The van der Waals surface area contributed by atoms with Crippen molar-refractivity contribution >= 4 is 23.1 Å². The van der Waals surface area contributed by atoms with E-state index >= 15 is 0 Å². The molecule has 0 saturated carbocycles. The minimum atomic E-state index is -0.196. The predicted molar refractivity (Wildman–Crippen MR) is 82.1 cm³/mol. The highest BCUT2D eigenvalue weighted by Gasteiger charge is 2.08. The number of amides is 1. The molecule has 1 heterocycles. The molecule has 3 N–H and O–H groups in total. The van der Waals surface area contributed by atoms with E-state index in [9.17, 15) is 4.79 Å². The molecule has 1 aromatic carbocycles. The lowest BCUT2D eigenvalue weighted by Gasteiger charge is -2.14. The Hall–Kier alpha value is -2.56. The molecule has 5 heteroatoms. The second kappa shape index (κ2) is 5.61. The summed E-state index contributed by atoms with van der Waals surface area (Å²) in [5.74, 6) is 0.148. The lowest BCUT2D eigenvalue weighted by molar-refractivity contribution is 0.102. The highest BCUT2D eigenvalue weighted by atomic mass is 16.1. The number of benzene rings is 1. The summed E-state index contributed by atoms with van der Waals surface area (Å²) in [5, 5.41) is 2.86. The zero-order valence-corrected chi connectivity index (χ0v) is 11.8. The number of aromatic nitrogens is 1. The van der Waals surface area contributed by atoms with Gasteiger partial charge in [-0.2, -0.15) is 0 Å². The predicted octanol–water partition coefficient (Wildman–Crippen LogP) is 2.29. The molecule has 20 heavy (non-hydrogen) atoms. The molecule has 1 aromatic heterocycles. The molecule has 5 nitrogen and oxygen atoms in total. The Morgan fingerprint density at radius 1 is 1.25 bits per heavy atom. The first-order valence-electron chi connectivity index (χ1n) is 6.28. The van der Waals surface area contributed by atoms with E-state index in [-0.39, 0.29) is 5.91 Å². The van der Waals surface area contributed by atoms with Gasteiger partial charge in [0.05, 0.1) is 0 Å². The number of nitrogens with one attached hydrogen (secondary N) is 1. The van der Waals surface area contributed by atoms with Crippen LogP contribution in [0.25, 0.3) is 0 Å².